The smallest absolute Gasteiger partial charge is 0.339 e. The second kappa shape index (κ2) is 9.34. The first-order chi connectivity index (χ1) is 15.1. The Balaban J connectivity index is 1.39. The molecular formula is C23H29N5O3. The van der Waals surface area contributed by atoms with Crippen LogP contribution in [0.3, 0.4) is 0 Å². The maximum absolute atomic E-state index is 12.1. The summed E-state index contributed by atoms with van der Waals surface area (Å²) in [6.45, 7) is 1.00. The molecule has 0 radical (unpaired) electrons. The highest BCUT2D eigenvalue weighted by Crippen LogP contribution is 2.45. The number of amides is 2. The van der Waals surface area contributed by atoms with Crippen molar-refractivity contribution in [2.75, 3.05) is 26.1 Å². The SMILES string of the molecule is COc1ccc(C[C@@]23CCN[C@H]2CC(=NNC(=O)Nc2cccnc2)CC3)cc1OC. The Morgan fingerprint density at radius 2 is 2.13 bits per heavy atom. The van der Waals surface area contributed by atoms with E-state index in [1.54, 1.807) is 38.7 Å². The first-order valence-corrected chi connectivity index (χ1v) is 10.6. The predicted octanol–water partition coefficient (Wildman–Crippen LogP) is 3.35. The summed E-state index contributed by atoms with van der Waals surface area (Å²) in [5.74, 6) is 1.51. The van der Waals surface area contributed by atoms with Crippen molar-refractivity contribution >= 4 is 17.4 Å². The summed E-state index contributed by atoms with van der Waals surface area (Å²) in [4.78, 5) is 16.1. The molecule has 0 spiro atoms. The van der Waals surface area contributed by atoms with Gasteiger partial charge in [-0.05, 0) is 67.5 Å². The van der Waals surface area contributed by atoms with Crippen LogP contribution < -0.4 is 25.5 Å². The molecule has 164 valence electrons. The molecule has 1 aromatic carbocycles. The Labute approximate surface area is 182 Å². The van der Waals surface area contributed by atoms with E-state index < -0.39 is 0 Å². The number of methoxy groups -OCH3 is 2. The molecule has 0 bridgehead atoms. The number of fused-ring (bicyclic) bond motifs is 1. The first-order valence-electron chi connectivity index (χ1n) is 10.6. The van der Waals surface area contributed by atoms with Crippen LogP contribution in [0.5, 0.6) is 11.5 Å². The molecule has 1 aliphatic heterocycles. The number of ether oxygens (including phenoxy) is 2. The van der Waals surface area contributed by atoms with E-state index in [-0.39, 0.29) is 11.4 Å². The Bertz CT molecular complexity index is 949. The molecule has 31 heavy (non-hydrogen) atoms. The van der Waals surface area contributed by atoms with Crippen molar-refractivity contribution in [2.45, 2.75) is 38.1 Å². The van der Waals surface area contributed by atoms with Crippen molar-refractivity contribution in [3.63, 3.8) is 0 Å². The van der Waals surface area contributed by atoms with Gasteiger partial charge in [0.1, 0.15) is 0 Å². The highest BCUT2D eigenvalue weighted by Gasteiger charge is 2.45. The predicted molar refractivity (Wildman–Crippen MR) is 120 cm³/mol. The number of hydrazone groups is 1. The van der Waals surface area contributed by atoms with E-state index in [1.165, 1.54) is 5.56 Å². The minimum absolute atomic E-state index is 0.191. The average Bonchev–Trinajstić information content (AvgIpc) is 3.21. The molecule has 2 heterocycles. The van der Waals surface area contributed by atoms with Gasteiger partial charge in [0.2, 0.25) is 0 Å². The topological polar surface area (TPSA) is 96.9 Å². The minimum atomic E-state index is -0.359. The maximum atomic E-state index is 12.1. The van der Waals surface area contributed by atoms with Crippen LogP contribution in [-0.4, -0.2) is 43.5 Å². The van der Waals surface area contributed by atoms with Gasteiger partial charge < -0.3 is 20.1 Å². The molecule has 2 fully saturated rings. The molecule has 4 rings (SSSR count). The van der Waals surface area contributed by atoms with Crippen LogP contribution in [0.4, 0.5) is 10.5 Å². The first kappa shape index (κ1) is 21.1. The van der Waals surface area contributed by atoms with Crippen LogP contribution in [0.1, 0.15) is 31.2 Å². The number of hydrogen-bond acceptors (Lipinski definition) is 6. The molecule has 2 atom stereocenters. The summed E-state index contributed by atoms with van der Waals surface area (Å²) in [5, 5.41) is 10.8. The van der Waals surface area contributed by atoms with Gasteiger partial charge in [0, 0.05) is 24.4 Å². The van der Waals surface area contributed by atoms with Crippen LogP contribution in [0.25, 0.3) is 0 Å². The van der Waals surface area contributed by atoms with Gasteiger partial charge in [0.15, 0.2) is 11.5 Å². The molecule has 2 aliphatic rings. The van der Waals surface area contributed by atoms with Gasteiger partial charge in [0.05, 0.1) is 26.1 Å². The van der Waals surface area contributed by atoms with Crippen LogP contribution in [0, 0.1) is 5.41 Å². The van der Waals surface area contributed by atoms with Crippen molar-refractivity contribution in [3.05, 3.63) is 48.3 Å². The summed E-state index contributed by atoms with van der Waals surface area (Å²) in [6.07, 6.45) is 8.11. The third-order valence-electron chi connectivity index (χ3n) is 6.34. The number of hydrogen-bond donors (Lipinski definition) is 3. The van der Waals surface area contributed by atoms with E-state index in [4.69, 9.17) is 9.47 Å². The molecule has 3 N–H and O–H groups in total. The quantitative estimate of drug-likeness (QED) is 0.619. The second-order valence-corrected chi connectivity index (χ2v) is 8.17. The summed E-state index contributed by atoms with van der Waals surface area (Å²) in [5.41, 5.74) is 5.72. The number of pyridine rings is 1. The van der Waals surface area contributed by atoms with Crippen molar-refractivity contribution < 1.29 is 14.3 Å². The van der Waals surface area contributed by atoms with E-state index >= 15 is 0 Å². The number of nitrogens with zero attached hydrogens (tertiary/aromatic N) is 2. The van der Waals surface area contributed by atoms with Crippen molar-refractivity contribution in [1.29, 1.82) is 0 Å². The second-order valence-electron chi connectivity index (χ2n) is 8.17. The summed E-state index contributed by atoms with van der Waals surface area (Å²) in [6, 6.07) is 9.72. The van der Waals surface area contributed by atoms with Gasteiger partial charge in [-0.25, -0.2) is 10.2 Å². The number of carbonyl (C=O) groups is 1. The number of aromatic nitrogens is 1. The lowest BCUT2D eigenvalue weighted by Gasteiger charge is -2.40. The molecule has 0 unspecified atom stereocenters. The largest absolute Gasteiger partial charge is 0.493 e. The molecule has 1 aromatic heterocycles. The summed E-state index contributed by atoms with van der Waals surface area (Å²) < 4.78 is 10.8. The third-order valence-corrected chi connectivity index (χ3v) is 6.34. The minimum Gasteiger partial charge on any atom is -0.493 e. The zero-order chi connectivity index (χ0) is 21.7. The van der Waals surface area contributed by atoms with Gasteiger partial charge in [-0.2, -0.15) is 5.10 Å². The molecule has 8 nitrogen and oxygen atoms in total. The van der Waals surface area contributed by atoms with Crippen LogP contribution in [-0.2, 0) is 6.42 Å². The van der Waals surface area contributed by atoms with Gasteiger partial charge in [-0.1, -0.05) is 6.07 Å². The zero-order valence-corrected chi connectivity index (χ0v) is 18.0. The van der Waals surface area contributed by atoms with E-state index in [0.717, 1.165) is 55.9 Å². The normalized spacial score (nSPS) is 23.8. The Morgan fingerprint density at radius 1 is 1.26 bits per heavy atom. The number of benzene rings is 1. The number of nitrogens with one attached hydrogen (secondary N) is 3. The van der Waals surface area contributed by atoms with Crippen molar-refractivity contribution in [3.8, 4) is 11.5 Å². The van der Waals surface area contributed by atoms with E-state index in [2.05, 4.69) is 38.3 Å². The monoisotopic (exact) mass is 423 g/mol. The molecule has 1 saturated carbocycles. The van der Waals surface area contributed by atoms with Crippen LogP contribution >= 0.6 is 0 Å². The van der Waals surface area contributed by atoms with Crippen LogP contribution in [0.15, 0.2) is 47.8 Å². The highest BCUT2D eigenvalue weighted by atomic mass is 16.5. The van der Waals surface area contributed by atoms with Gasteiger partial charge in [-0.15, -0.1) is 0 Å². The third kappa shape index (κ3) is 4.80. The van der Waals surface area contributed by atoms with Crippen LogP contribution in [0.2, 0.25) is 0 Å². The highest BCUT2D eigenvalue weighted by molar-refractivity contribution is 5.91. The lowest BCUT2D eigenvalue weighted by atomic mass is 9.67. The number of urea groups is 1. The fourth-order valence-electron chi connectivity index (χ4n) is 4.73. The molecule has 2 amide bonds. The Hall–Kier alpha value is -3.13. The lowest BCUT2D eigenvalue weighted by molar-refractivity contribution is 0.215. The van der Waals surface area contributed by atoms with E-state index in [1.807, 2.05) is 6.07 Å². The Morgan fingerprint density at radius 3 is 2.90 bits per heavy atom. The molecular weight excluding hydrogens is 394 g/mol. The summed E-state index contributed by atoms with van der Waals surface area (Å²) >= 11 is 0. The average molecular weight is 424 g/mol. The lowest BCUT2D eigenvalue weighted by Crippen LogP contribution is -2.44. The molecule has 2 aromatic rings. The Kier molecular flexibility index (Phi) is 6.36. The van der Waals surface area contributed by atoms with Gasteiger partial charge in [-0.3, -0.25) is 4.98 Å². The number of rotatable bonds is 6. The fraction of sp³-hybridized carbons (Fsp3) is 0.435. The number of carbonyl (C=O) groups excluding carboxylic acids is 1. The van der Waals surface area contributed by atoms with Gasteiger partial charge >= 0.3 is 6.03 Å². The standard InChI is InChI=1S/C23H29N5O3/c1-30-19-6-5-16(12-20(19)31-2)14-23-8-7-17(13-21(23)25-11-9-23)27-28-22(29)26-18-4-3-10-24-15-18/h3-6,10,12,15,21,25H,7-9,11,13-14H2,1-2H3,(H2,26,28,29)/t21-,23+/m0/s1. The zero-order valence-electron chi connectivity index (χ0n) is 18.0. The van der Waals surface area contributed by atoms with Gasteiger partial charge in [0.25, 0.3) is 0 Å². The number of anilines is 1. The van der Waals surface area contributed by atoms with Crippen molar-refractivity contribution in [1.82, 2.24) is 15.7 Å². The fourth-order valence-corrected chi connectivity index (χ4v) is 4.73. The molecule has 1 saturated heterocycles. The molecule has 8 heteroatoms. The molecule has 1 aliphatic carbocycles. The van der Waals surface area contributed by atoms with E-state index in [0.29, 0.717) is 11.7 Å². The summed E-state index contributed by atoms with van der Waals surface area (Å²) in [7, 11) is 3.32. The van der Waals surface area contributed by atoms with E-state index in [9.17, 15) is 4.79 Å². The maximum Gasteiger partial charge on any atom is 0.339 e. The van der Waals surface area contributed by atoms with Crippen molar-refractivity contribution in [2.24, 2.45) is 10.5 Å².